The van der Waals surface area contributed by atoms with E-state index in [4.69, 9.17) is 9.72 Å². The standard InChI is InChI=1S/C27H33N7OS/c1-19(2)36-31-21-6-5-7-23(16-21)34-11-10-20-18-28-27(30-26(20)34)29-24-9-8-22(17-25(24)35-4)33-14-12-32(3)13-15-33/h5-11,16-19,31H,12-15H2,1-4H3,(H,28,29,30). The van der Waals surface area contributed by atoms with Crippen LogP contribution in [0.1, 0.15) is 13.8 Å². The Balaban J connectivity index is 1.39. The van der Waals surface area contributed by atoms with Crippen LogP contribution in [0.5, 0.6) is 5.75 Å². The van der Waals surface area contributed by atoms with Crippen molar-refractivity contribution < 1.29 is 4.74 Å². The Kier molecular flexibility index (Phi) is 7.20. The molecule has 5 rings (SSSR count). The van der Waals surface area contributed by atoms with E-state index in [2.05, 4.69) is 86.7 Å². The van der Waals surface area contributed by atoms with Gasteiger partial charge in [-0.2, -0.15) is 4.98 Å². The van der Waals surface area contributed by atoms with Gasteiger partial charge >= 0.3 is 0 Å². The summed E-state index contributed by atoms with van der Waals surface area (Å²) in [6, 6.07) is 16.6. The lowest BCUT2D eigenvalue weighted by atomic mass is 10.2. The minimum Gasteiger partial charge on any atom is -0.494 e. The molecule has 2 aromatic carbocycles. The summed E-state index contributed by atoms with van der Waals surface area (Å²) >= 11 is 1.70. The smallest absolute Gasteiger partial charge is 0.229 e. The van der Waals surface area contributed by atoms with E-state index in [0.29, 0.717) is 11.2 Å². The molecule has 2 N–H and O–H groups in total. The molecular weight excluding hydrogens is 470 g/mol. The highest BCUT2D eigenvalue weighted by atomic mass is 32.2. The second-order valence-corrected chi connectivity index (χ2v) is 10.7. The van der Waals surface area contributed by atoms with Crippen molar-refractivity contribution in [3.05, 3.63) is 60.9 Å². The topological polar surface area (TPSA) is 70.5 Å². The van der Waals surface area contributed by atoms with E-state index in [9.17, 15) is 0 Å². The molecule has 4 aromatic rings. The average molecular weight is 504 g/mol. The monoisotopic (exact) mass is 503 g/mol. The third-order valence-electron chi connectivity index (χ3n) is 6.26. The molecule has 0 atom stereocenters. The van der Waals surface area contributed by atoms with Crippen molar-refractivity contribution in [1.29, 1.82) is 0 Å². The van der Waals surface area contributed by atoms with Crippen LogP contribution in [0.15, 0.2) is 60.9 Å². The summed E-state index contributed by atoms with van der Waals surface area (Å²) in [7, 11) is 3.86. The Morgan fingerprint density at radius 2 is 1.83 bits per heavy atom. The van der Waals surface area contributed by atoms with Crippen molar-refractivity contribution in [3.63, 3.8) is 0 Å². The molecule has 188 valence electrons. The van der Waals surface area contributed by atoms with Gasteiger partial charge in [0.2, 0.25) is 5.95 Å². The van der Waals surface area contributed by atoms with Gasteiger partial charge < -0.3 is 29.1 Å². The fourth-order valence-electron chi connectivity index (χ4n) is 4.26. The Bertz CT molecular complexity index is 1330. The Morgan fingerprint density at radius 1 is 1.00 bits per heavy atom. The van der Waals surface area contributed by atoms with Gasteiger partial charge in [-0.3, -0.25) is 0 Å². The third kappa shape index (κ3) is 5.37. The molecule has 1 fully saturated rings. The van der Waals surface area contributed by atoms with Crippen molar-refractivity contribution >= 4 is 46.0 Å². The zero-order valence-electron chi connectivity index (χ0n) is 21.2. The first-order valence-corrected chi connectivity index (χ1v) is 13.1. The second-order valence-electron chi connectivity index (χ2n) is 9.28. The van der Waals surface area contributed by atoms with Gasteiger partial charge in [-0.15, -0.1) is 0 Å². The van der Waals surface area contributed by atoms with Crippen LogP contribution >= 0.6 is 11.9 Å². The maximum absolute atomic E-state index is 5.72. The highest BCUT2D eigenvalue weighted by Crippen LogP contribution is 2.32. The van der Waals surface area contributed by atoms with Crippen molar-refractivity contribution in [2.45, 2.75) is 19.1 Å². The highest BCUT2D eigenvalue weighted by Gasteiger charge is 2.16. The van der Waals surface area contributed by atoms with E-state index in [1.54, 1.807) is 19.1 Å². The summed E-state index contributed by atoms with van der Waals surface area (Å²) in [5.74, 6) is 1.30. The first-order valence-electron chi connectivity index (χ1n) is 12.2. The maximum Gasteiger partial charge on any atom is 0.229 e. The quantitative estimate of drug-likeness (QED) is 0.310. The molecular formula is C27H33N7OS. The molecule has 1 saturated heterocycles. The van der Waals surface area contributed by atoms with Gasteiger partial charge in [0.1, 0.15) is 11.4 Å². The molecule has 3 heterocycles. The van der Waals surface area contributed by atoms with Gasteiger partial charge in [-0.25, -0.2) is 4.98 Å². The Hall–Kier alpha value is -3.43. The highest BCUT2D eigenvalue weighted by molar-refractivity contribution is 8.01. The predicted octanol–water partition coefficient (Wildman–Crippen LogP) is 5.39. The fraction of sp³-hybridized carbons (Fsp3) is 0.333. The molecule has 8 nitrogen and oxygen atoms in total. The minimum atomic E-state index is 0.495. The van der Waals surface area contributed by atoms with Gasteiger partial charge in [0.15, 0.2) is 0 Å². The molecule has 1 aliphatic rings. The molecule has 0 radical (unpaired) electrons. The molecule has 0 spiro atoms. The number of benzene rings is 2. The largest absolute Gasteiger partial charge is 0.494 e. The lowest BCUT2D eigenvalue weighted by Crippen LogP contribution is -2.44. The summed E-state index contributed by atoms with van der Waals surface area (Å²) in [5.41, 5.74) is 4.95. The van der Waals surface area contributed by atoms with Crippen molar-refractivity contribution in [1.82, 2.24) is 19.4 Å². The van der Waals surface area contributed by atoms with Crippen LogP contribution < -0.4 is 19.7 Å². The van der Waals surface area contributed by atoms with E-state index >= 15 is 0 Å². The van der Waals surface area contributed by atoms with Crippen LogP contribution in [-0.2, 0) is 0 Å². The average Bonchev–Trinajstić information content (AvgIpc) is 3.32. The van der Waals surface area contributed by atoms with Gasteiger partial charge in [0, 0.05) is 72.3 Å². The molecule has 0 aliphatic carbocycles. The van der Waals surface area contributed by atoms with Crippen molar-refractivity contribution in [2.75, 3.05) is 55.3 Å². The van der Waals surface area contributed by atoms with E-state index < -0.39 is 0 Å². The number of fused-ring (bicyclic) bond motifs is 1. The summed E-state index contributed by atoms with van der Waals surface area (Å²) in [5, 5.41) is 4.84. The number of aromatic nitrogens is 3. The number of nitrogens with one attached hydrogen (secondary N) is 2. The Morgan fingerprint density at radius 3 is 2.61 bits per heavy atom. The van der Waals surface area contributed by atoms with Crippen LogP contribution in [0.2, 0.25) is 0 Å². The number of rotatable bonds is 8. The number of nitrogens with zero attached hydrogens (tertiary/aromatic N) is 5. The van der Waals surface area contributed by atoms with Crippen molar-refractivity contribution in [2.24, 2.45) is 0 Å². The molecule has 36 heavy (non-hydrogen) atoms. The van der Waals surface area contributed by atoms with E-state index in [1.807, 2.05) is 24.5 Å². The van der Waals surface area contributed by atoms with E-state index in [1.165, 1.54) is 5.69 Å². The van der Waals surface area contributed by atoms with Crippen molar-refractivity contribution in [3.8, 4) is 11.4 Å². The summed E-state index contributed by atoms with van der Waals surface area (Å²) in [6.07, 6.45) is 3.88. The molecule has 0 saturated carbocycles. The zero-order chi connectivity index (χ0) is 25.1. The van der Waals surface area contributed by atoms with Crippen LogP contribution in [0.25, 0.3) is 16.7 Å². The first-order chi connectivity index (χ1) is 17.5. The lowest BCUT2D eigenvalue weighted by molar-refractivity contribution is 0.312. The maximum atomic E-state index is 5.72. The number of piperazine rings is 1. The number of ether oxygens (including phenoxy) is 1. The van der Waals surface area contributed by atoms with E-state index in [0.717, 1.165) is 60.0 Å². The first kappa shape index (κ1) is 24.3. The SMILES string of the molecule is COc1cc(N2CCN(C)CC2)ccc1Nc1ncc2ccn(-c3cccc(NSC(C)C)c3)c2n1. The van der Waals surface area contributed by atoms with Crippen LogP contribution in [0, 0.1) is 0 Å². The van der Waals surface area contributed by atoms with Gasteiger partial charge in [-0.1, -0.05) is 19.9 Å². The van der Waals surface area contributed by atoms with E-state index in [-0.39, 0.29) is 0 Å². The summed E-state index contributed by atoms with van der Waals surface area (Å²) < 4.78 is 11.2. The summed E-state index contributed by atoms with van der Waals surface area (Å²) in [6.45, 7) is 8.48. The Labute approximate surface area is 216 Å². The number of hydrogen-bond donors (Lipinski definition) is 2. The zero-order valence-corrected chi connectivity index (χ0v) is 22.0. The molecule has 2 aromatic heterocycles. The molecule has 0 unspecified atom stereocenters. The molecule has 0 amide bonds. The molecule has 9 heteroatoms. The minimum absolute atomic E-state index is 0.495. The summed E-state index contributed by atoms with van der Waals surface area (Å²) in [4.78, 5) is 14.1. The van der Waals surface area contributed by atoms with Crippen LogP contribution in [0.3, 0.4) is 0 Å². The lowest BCUT2D eigenvalue weighted by Gasteiger charge is -2.34. The number of anilines is 4. The molecule has 0 bridgehead atoms. The number of likely N-dealkylation sites (N-methyl/N-ethyl adjacent to an activating group) is 1. The van der Waals surface area contributed by atoms with Gasteiger partial charge in [0.05, 0.1) is 12.8 Å². The normalized spacial score (nSPS) is 14.4. The van der Waals surface area contributed by atoms with Gasteiger partial charge in [-0.05, 0) is 55.4 Å². The van der Waals surface area contributed by atoms with Crippen LogP contribution in [0.4, 0.5) is 23.0 Å². The van der Waals surface area contributed by atoms with Crippen LogP contribution in [-0.4, -0.2) is 65.0 Å². The molecule has 1 aliphatic heterocycles. The third-order valence-corrected chi connectivity index (χ3v) is 7.09. The second kappa shape index (κ2) is 10.7. The number of methoxy groups -OCH3 is 1. The predicted molar refractivity (Wildman–Crippen MR) is 151 cm³/mol. The van der Waals surface area contributed by atoms with Gasteiger partial charge in [0.25, 0.3) is 0 Å². The number of hydrogen-bond acceptors (Lipinski definition) is 8. The fourth-order valence-corrected chi connectivity index (χ4v) is 4.76.